The van der Waals surface area contributed by atoms with E-state index >= 15 is 0 Å². The smallest absolute Gasteiger partial charge is 0.277 e. The topological polar surface area (TPSA) is 80.4 Å². The van der Waals surface area contributed by atoms with Gasteiger partial charge in [-0.15, -0.1) is 10.2 Å². The maximum atomic E-state index is 12.0. The van der Waals surface area contributed by atoms with E-state index < -0.39 is 0 Å². The Labute approximate surface area is 190 Å². The number of nitrogens with zero attached hydrogens (tertiary/aromatic N) is 3. The number of rotatable bonds is 8. The van der Waals surface area contributed by atoms with Crippen LogP contribution in [-0.2, 0) is 4.79 Å². The fourth-order valence-corrected chi connectivity index (χ4v) is 3.33. The zero-order chi connectivity index (χ0) is 22.0. The van der Waals surface area contributed by atoms with Gasteiger partial charge < -0.3 is 9.73 Å². The number of amides is 1. The minimum atomic E-state index is -0.135. The van der Waals surface area contributed by atoms with Gasteiger partial charge in [-0.1, -0.05) is 66.4 Å². The van der Waals surface area contributed by atoms with Crippen molar-refractivity contribution in [2.24, 2.45) is 4.99 Å². The van der Waals surface area contributed by atoms with Crippen molar-refractivity contribution < 1.29 is 9.21 Å². The molecule has 0 aliphatic heterocycles. The molecule has 0 atom stereocenters. The summed E-state index contributed by atoms with van der Waals surface area (Å²) >= 11 is 1.19. The molecule has 3 aromatic carbocycles. The van der Waals surface area contributed by atoms with E-state index in [9.17, 15) is 4.79 Å². The van der Waals surface area contributed by atoms with E-state index in [-0.39, 0.29) is 11.7 Å². The molecule has 32 heavy (non-hydrogen) atoms. The predicted octanol–water partition coefficient (Wildman–Crippen LogP) is 5.88. The number of aliphatic imine (C=N–C) groups is 1. The number of hydrogen-bond donors (Lipinski definition) is 1. The van der Waals surface area contributed by atoms with Crippen molar-refractivity contribution >= 4 is 41.3 Å². The Morgan fingerprint density at radius 2 is 1.66 bits per heavy atom. The van der Waals surface area contributed by atoms with Gasteiger partial charge >= 0.3 is 0 Å². The van der Waals surface area contributed by atoms with Gasteiger partial charge in [-0.25, -0.2) is 0 Å². The van der Waals surface area contributed by atoms with Crippen molar-refractivity contribution in [3.8, 4) is 11.5 Å². The lowest BCUT2D eigenvalue weighted by atomic mass is 10.2. The molecule has 0 fully saturated rings. The maximum Gasteiger partial charge on any atom is 0.277 e. The van der Waals surface area contributed by atoms with Crippen molar-refractivity contribution in [1.29, 1.82) is 0 Å². The fraction of sp³-hybridized carbons (Fsp3) is 0.0400. The van der Waals surface area contributed by atoms with Crippen molar-refractivity contribution in [3.63, 3.8) is 0 Å². The van der Waals surface area contributed by atoms with Gasteiger partial charge in [-0.05, 0) is 48.0 Å². The molecule has 4 rings (SSSR count). The highest BCUT2D eigenvalue weighted by Crippen LogP contribution is 2.25. The maximum absolute atomic E-state index is 12.0. The van der Waals surface area contributed by atoms with E-state index in [4.69, 9.17) is 4.42 Å². The first-order valence-corrected chi connectivity index (χ1v) is 10.9. The van der Waals surface area contributed by atoms with Crippen LogP contribution in [0, 0.1) is 0 Å². The molecule has 4 aromatic rings. The largest absolute Gasteiger partial charge is 0.411 e. The van der Waals surface area contributed by atoms with E-state index in [0.717, 1.165) is 22.5 Å². The Bertz CT molecular complexity index is 1200. The van der Waals surface area contributed by atoms with Crippen LogP contribution in [0.5, 0.6) is 0 Å². The van der Waals surface area contributed by atoms with Crippen molar-refractivity contribution in [2.75, 3.05) is 11.1 Å². The number of benzene rings is 3. The molecular formula is C25H20N4O2S. The molecule has 0 saturated carbocycles. The summed E-state index contributed by atoms with van der Waals surface area (Å²) in [5.74, 6) is 0.445. The predicted molar refractivity (Wildman–Crippen MR) is 129 cm³/mol. The monoisotopic (exact) mass is 440 g/mol. The second-order valence-electron chi connectivity index (χ2n) is 6.67. The first-order chi connectivity index (χ1) is 15.8. The van der Waals surface area contributed by atoms with Gasteiger partial charge in [0, 0.05) is 17.5 Å². The molecule has 1 aromatic heterocycles. The van der Waals surface area contributed by atoms with Crippen molar-refractivity contribution in [2.45, 2.75) is 5.22 Å². The highest BCUT2D eigenvalue weighted by Gasteiger charge is 2.11. The van der Waals surface area contributed by atoms with Crippen LogP contribution in [0.1, 0.15) is 5.56 Å². The number of para-hydroxylation sites is 1. The average Bonchev–Trinajstić information content (AvgIpc) is 3.31. The van der Waals surface area contributed by atoms with Gasteiger partial charge in [0.15, 0.2) is 0 Å². The summed E-state index contributed by atoms with van der Waals surface area (Å²) in [6.45, 7) is 0. The van der Waals surface area contributed by atoms with Crippen LogP contribution in [0.2, 0.25) is 0 Å². The normalized spacial score (nSPS) is 11.2. The summed E-state index contributed by atoms with van der Waals surface area (Å²) in [4.78, 5) is 16.5. The van der Waals surface area contributed by atoms with E-state index in [1.807, 2.05) is 97.1 Å². The third-order valence-corrected chi connectivity index (χ3v) is 5.12. The summed E-state index contributed by atoms with van der Waals surface area (Å²) < 4.78 is 5.67. The van der Waals surface area contributed by atoms with Crippen molar-refractivity contribution in [3.05, 3.63) is 96.6 Å². The second kappa shape index (κ2) is 10.9. The average molecular weight is 441 g/mol. The molecule has 1 amide bonds. The number of allylic oxidation sites excluding steroid dienone is 1. The van der Waals surface area contributed by atoms with E-state index in [2.05, 4.69) is 20.5 Å². The van der Waals surface area contributed by atoms with Crippen LogP contribution in [-0.4, -0.2) is 28.1 Å². The van der Waals surface area contributed by atoms with Crippen LogP contribution >= 0.6 is 11.8 Å². The van der Waals surface area contributed by atoms with Gasteiger partial charge in [-0.2, -0.15) is 0 Å². The van der Waals surface area contributed by atoms with Gasteiger partial charge in [0.2, 0.25) is 11.8 Å². The summed E-state index contributed by atoms with van der Waals surface area (Å²) in [6.07, 6.45) is 5.65. The quantitative estimate of drug-likeness (QED) is 0.273. The Morgan fingerprint density at radius 3 is 2.41 bits per heavy atom. The lowest BCUT2D eigenvalue weighted by Crippen LogP contribution is -2.13. The number of anilines is 1. The zero-order valence-corrected chi connectivity index (χ0v) is 17.9. The minimum absolute atomic E-state index is 0.135. The SMILES string of the molecule is O=C(CSc1nnc(-c2ccc(N=C/C=C/c3ccccc3)cc2)o1)Nc1ccccc1. The highest BCUT2D eigenvalue weighted by molar-refractivity contribution is 7.99. The standard InChI is InChI=1S/C25H20N4O2S/c30-23(27-22-11-5-2-6-12-22)18-32-25-29-28-24(31-25)20-13-15-21(16-14-20)26-17-7-10-19-8-3-1-4-9-19/h1-17H,18H2,(H,27,30)/b10-7+,26-17?. The number of carbonyl (C=O) groups excluding carboxylic acids is 1. The number of carbonyl (C=O) groups is 1. The number of hydrogen-bond acceptors (Lipinski definition) is 6. The molecule has 0 aliphatic carbocycles. The van der Waals surface area contributed by atoms with Gasteiger partial charge in [0.25, 0.3) is 5.22 Å². The van der Waals surface area contributed by atoms with Crippen LogP contribution in [0.4, 0.5) is 11.4 Å². The molecule has 0 saturated heterocycles. The molecule has 1 N–H and O–H groups in total. The Balaban J connectivity index is 1.29. The van der Waals surface area contributed by atoms with E-state index in [1.165, 1.54) is 11.8 Å². The molecule has 158 valence electrons. The first kappa shape index (κ1) is 21.3. The van der Waals surface area contributed by atoms with Crippen LogP contribution in [0.15, 0.2) is 106 Å². The van der Waals surface area contributed by atoms with Crippen LogP contribution < -0.4 is 5.32 Å². The third kappa shape index (κ3) is 6.26. The summed E-state index contributed by atoms with van der Waals surface area (Å²) in [5.41, 5.74) is 3.48. The third-order valence-electron chi connectivity index (χ3n) is 4.30. The Hall–Kier alpha value is -3.97. The first-order valence-electron chi connectivity index (χ1n) is 9.94. The highest BCUT2D eigenvalue weighted by atomic mass is 32.2. The molecular weight excluding hydrogens is 420 g/mol. The molecule has 0 unspecified atom stereocenters. The molecule has 0 radical (unpaired) electrons. The molecule has 1 heterocycles. The van der Waals surface area contributed by atoms with E-state index in [1.54, 1.807) is 6.21 Å². The molecule has 0 bridgehead atoms. The Morgan fingerprint density at radius 1 is 0.938 bits per heavy atom. The van der Waals surface area contributed by atoms with Gasteiger partial charge in [0.1, 0.15) is 0 Å². The van der Waals surface area contributed by atoms with Crippen LogP contribution in [0.3, 0.4) is 0 Å². The van der Waals surface area contributed by atoms with Gasteiger partial charge in [-0.3, -0.25) is 9.79 Å². The molecule has 7 heteroatoms. The van der Waals surface area contributed by atoms with Crippen LogP contribution in [0.25, 0.3) is 17.5 Å². The number of thioether (sulfide) groups is 1. The minimum Gasteiger partial charge on any atom is -0.411 e. The fourth-order valence-electron chi connectivity index (χ4n) is 2.77. The Kier molecular flexibility index (Phi) is 7.23. The van der Waals surface area contributed by atoms with E-state index in [0.29, 0.717) is 11.1 Å². The molecule has 6 nitrogen and oxygen atoms in total. The molecule has 0 aliphatic rings. The lowest BCUT2D eigenvalue weighted by Gasteiger charge is -2.02. The second-order valence-corrected chi connectivity index (χ2v) is 7.60. The number of aromatic nitrogens is 2. The molecule has 0 spiro atoms. The summed E-state index contributed by atoms with van der Waals surface area (Å²) in [5, 5.41) is 11.2. The summed E-state index contributed by atoms with van der Waals surface area (Å²) in [6, 6.07) is 26.9. The lowest BCUT2D eigenvalue weighted by molar-refractivity contribution is -0.113. The number of nitrogens with one attached hydrogen (secondary N) is 1. The van der Waals surface area contributed by atoms with Crippen molar-refractivity contribution in [1.82, 2.24) is 10.2 Å². The van der Waals surface area contributed by atoms with Gasteiger partial charge in [0.05, 0.1) is 11.4 Å². The zero-order valence-electron chi connectivity index (χ0n) is 17.1. The summed E-state index contributed by atoms with van der Waals surface area (Å²) in [7, 11) is 0.